The first-order valence-electron chi connectivity index (χ1n) is 7.39. The highest BCUT2D eigenvalue weighted by molar-refractivity contribution is 7.13. The number of nitrogens with zero attached hydrogens (tertiary/aromatic N) is 2. The molecule has 5 nitrogen and oxygen atoms in total. The molecular formula is C16H19N3O2S. The number of rotatable bonds is 5. The quantitative estimate of drug-likeness (QED) is 0.921. The summed E-state index contributed by atoms with van der Waals surface area (Å²) in [6, 6.07) is 10.2. The van der Waals surface area contributed by atoms with Crippen LogP contribution in [0.3, 0.4) is 0 Å². The van der Waals surface area contributed by atoms with Crippen LogP contribution >= 0.6 is 11.3 Å². The van der Waals surface area contributed by atoms with E-state index in [2.05, 4.69) is 27.3 Å². The van der Waals surface area contributed by atoms with Crippen LogP contribution in [0, 0.1) is 0 Å². The van der Waals surface area contributed by atoms with Gasteiger partial charge in [-0.25, -0.2) is 4.98 Å². The fourth-order valence-corrected chi connectivity index (χ4v) is 3.05. The summed E-state index contributed by atoms with van der Waals surface area (Å²) in [5, 5.41) is 5.33. The van der Waals surface area contributed by atoms with Gasteiger partial charge in [0.15, 0.2) is 5.13 Å². The van der Waals surface area contributed by atoms with Gasteiger partial charge in [0.1, 0.15) is 0 Å². The molecule has 0 radical (unpaired) electrons. The summed E-state index contributed by atoms with van der Waals surface area (Å²) in [6.07, 6.45) is 2.25. The van der Waals surface area contributed by atoms with Crippen LogP contribution in [0.1, 0.15) is 18.1 Å². The van der Waals surface area contributed by atoms with Crippen LogP contribution in [0.25, 0.3) is 0 Å². The molecule has 1 aliphatic heterocycles. The zero-order valence-corrected chi connectivity index (χ0v) is 13.1. The lowest BCUT2D eigenvalue weighted by Gasteiger charge is -2.33. The normalized spacial score (nSPS) is 19.0. The third-order valence-corrected chi connectivity index (χ3v) is 4.34. The monoisotopic (exact) mass is 317 g/mol. The van der Waals surface area contributed by atoms with Crippen molar-refractivity contribution in [3.63, 3.8) is 0 Å². The molecule has 1 aromatic carbocycles. The van der Waals surface area contributed by atoms with Gasteiger partial charge in [0.05, 0.1) is 12.7 Å². The van der Waals surface area contributed by atoms with E-state index in [9.17, 15) is 4.79 Å². The minimum Gasteiger partial charge on any atom is -0.371 e. The maximum Gasteiger partial charge on any atom is 0.227 e. The Bertz CT molecular complexity index is 589. The number of ether oxygens (including phenoxy) is 1. The molecule has 22 heavy (non-hydrogen) atoms. The van der Waals surface area contributed by atoms with Crippen molar-refractivity contribution >= 4 is 22.4 Å². The van der Waals surface area contributed by atoms with Gasteiger partial charge in [-0.2, -0.15) is 0 Å². The van der Waals surface area contributed by atoms with Crippen LogP contribution in [0.4, 0.5) is 5.13 Å². The first-order chi connectivity index (χ1) is 10.8. The fraction of sp³-hybridized carbons (Fsp3) is 0.375. The second-order valence-electron chi connectivity index (χ2n) is 5.21. The number of amides is 1. The Kier molecular flexibility index (Phi) is 5.15. The standard InChI is InChI=1S/C16H19N3O2S/c20-15(18-16-17-7-11-22-16)6-8-19-9-10-21-14(12-19)13-4-2-1-3-5-13/h1-5,7,11,14H,6,8-10,12H2,(H,17,18,20)/t14-/m1/s1. The molecule has 0 saturated carbocycles. The zero-order chi connectivity index (χ0) is 15.2. The highest BCUT2D eigenvalue weighted by Crippen LogP contribution is 2.22. The van der Waals surface area contributed by atoms with Gasteiger partial charge in [-0.3, -0.25) is 9.69 Å². The van der Waals surface area contributed by atoms with E-state index in [4.69, 9.17) is 4.74 Å². The average Bonchev–Trinajstić information content (AvgIpc) is 3.07. The van der Waals surface area contributed by atoms with Gasteiger partial charge in [0.2, 0.25) is 5.91 Å². The topological polar surface area (TPSA) is 54.5 Å². The van der Waals surface area contributed by atoms with Gasteiger partial charge in [-0.15, -0.1) is 11.3 Å². The molecule has 0 aliphatic carbocycles. The highest BCUT2D eigenvalue weighted by atomic mass is 32.1. The van der Waals surface area contributed by atoms with Crippen LogP contribution in [-0.4, -0.2) is 42.0 Å². The van der Waals surface area contributed by atoms with Gasteiger partial charge in [0.25, 0.3) is 0 Å². The number of carbonyl (C=O) groups excluding carboxylic acids is 1. The van der Waals surface area contributed by atoms with Crippen molar-refractivity contribution in [2.75, 3.05) is 31.6 Å². The third-order valence-electron chi connectivity index (χ3n) is 3.66. The molecule has 1 amide bonds. The van der Waals surface area contributed by atoms with Crippen molar-refractivity contribution in [2.45, 2.75) is 12.5 Å². The van der Waals surface area contributed by atoms with Crippen molar-refractivity contribution in [2.24, 2.45) is 0 Å². The molecule has 1 saturated heterocycles. The van der Waals surface area contributed by atoms with E-state index < -0.39 is 0 Å². The van der Waals surface area contributed by atoms with Crippen LogP contribution in [-0.2, 0) is 9.53 Å². The smallest absolute Gasteiger partial charge is 0.227 e. The molecule has 1 N–H and O–H groups in total. The predicted octanol–water partition coefficient (Wildman–Crippen LogP) is 2.55. The maximum atomic E-state index is 11.9. The molecule has 2 aromatic rings. The minimum atomic E-state index is 0.0118. The third kappa shape index (κ3) is 4.13. The molecule has 6 heteroatoms. The van der Waals surface area contributed by atoms with Crippen molar-refractivity contribution in [3.8, 4) is 0 Å². The Labute approximate surface area is 133 Å². The SMILES string of the molecule is O=C(CCN1CCO[C@@H](c2ccccc2)C1)Nc1nccs1. The van der Waals surface area contributed by atoms with Crippen molar-refractivity contribution < 1.29 is 9.53 Å². The fourth-order valence-electron chi connectivity index (χ4n) is 2.50. The zero-order valence-electron chi connectivity index (χ0n) is 12.3. The maximum absolute atomic E-state index is 11.9. The van der Waals surface area contributed by atoms with E-state index in [-0.39, 0.29) is 12.0 Å². The molecule has 0 spiro atoms. The lowest BCUT2D eigenvalue weighted by atomic mass is 10.1. The number of anilines is 1. The molecule has 0 unspecified atom stereocenters. The van der Waals surface area contributed by atoms with E-state index in [1.165, 1.54) is 16.9 Å². The van der Waals surface area contributed by atoms with Crippen LogP contribution in [0.2, 0.25) is 0 Å². The van der Waals surface area contributed by atoms with Crippen LogP contribution in [0.5, 0.6) is 0 Å². The Morgan fingerprint density at radius 1 is 1.41 bits per heavy atom. The van der Waals surface area contributed by atoms with Gasteiger partial charge in [-0.05, 0) is 5.56 Å². The molecule has 2 heterocycles. The summed E-state index contributed by atoms with van der Waals surface area (Å²) < 4.78 is 5.84. The van der Waals surface area contributed by atoms with Gasteiger partial charge < -0.3 is 10.1 Å². The lowest BCUT2D eigenvalue weighted by molar-refractivity contribution is -0.117. The van der Waals surface area contributed by atoms with Crippen molar-refractivity contribution in [1.82, 2.24) is 9.88 Å². The number of aromatic nitrogens is 1. The number of carbonyl (C=O) groups is 1. The first kappa shape index (κ1) is 15.1. The number of nitrogens with one attached hydrogen (secondary N) is 1. The molecular weight excluding hydrogens is 298 g/mol. The Morgan fingerprint density at radius 2 is 2.27 bits per heavy atom. The minimum absolute atomic E-state index is 0.0118. The van der Waals surface area contributed by atoms with E-state index in [1.54, 1.807) is 6.20 Å². The Balaban J connectivity index is 1.47. The number of benzene rings is 1. The number of thiazole rings is 1. The van der Waals surface area contributed by atoms with Crippen molar-refractivity contribution in [3.05, 3.63) is 47.5 Å². The molecule has 1 fully saturated rings. The second kappa shape index (κ2) is 7.49. The summed E-state index contributed by atoms with van der Waals surface area (Å²) in [6.45, 7) is 3.14. The molecule has 1 aromatic heterocycles. The molecule has 116 valence electrons. The molecule has 3 rings (SSSR count). The van der Waals surface area contributed by atoms with Gasteiger partial charge in [0, 0.05) is 37.6 Å². The van der Waals surface area contributed by atoms with Gasteiger partial charge >= 0.3 is 0 Å². The summed E-state index contributed by atoms with van der Waals surface area (Å²) in [7, 11) is 0. The summed E-state index contributed by atoms with van der Waals surface area (Å²) in [5.74, 6) is 0.0118. The van der Waals surface area contributed by atoms with E-state index >= 15 is 0 Å². The average molecular weight is 317 g/mol. The summed E-state index contributed by atoms with van der Waals surface area (Å²) in [5.41, 5.74) is 1.19. The van der Waals surface area contributed by atoms with E-state index in [0.717, 1.165) is 19.6 Å². The van der Waals surface area contributed by atoms with E-state index in [0.29, 0.717) is 18.2 Å². The Morgan fingerprint density at radius 3 is 3.05 bits per heavy atom. The lowest BCUT2D eigenvalue weighted by Crippen LogP contribution is -2.39. The summed E-state index contributed by atoms with van der Waals surface area (Å²) >= 11 is 1.43. The van der Waals surface area contributed by atoms with Gasteiger partial charge in [-0.1, -0.05) is 30.3 Å². The molecule has 0 bridgehead atoms. The van der Waals surface area contributed by atoms with Crippen LogP contribution in [0.15, 0.2) is 41.9 Å². The Hall–Kier alpha value is -1.76. The largest absolute Gasteiger partial charge is 0.371 e. The first-order valence-corrected chi connectivity index (χ1v) is 8.27. The number of hydrogen-bond donors (Lipinski definition) is 1. The highest BCUT2D eigenvalue weighted by Gasteiger charge is 2.22. The molecule has 1 atom stereocenters. The van der Waals surface area contributed by atoms with Crippen LogP contribution < -0.4 is 5.32 Å². The molecule has 1 aliphatic rings. The predicted molar refractivity (Wildman–Crippen MR) is 86.9 cm³/mol. The van der Waals surface area contributed by atoms with Crippen molar-refractivity contribution in [1.29, 1.82) is 0 Å². The van der Waals surface area contributed by atoms with E-state index in [1.807, 2.05) is 23.6 Å². The second-order valence-corrected chi connectivity index (χ2v) is 6.10. The number of morpholine rings is 1. The summed E-state index contributed by atoms with van der Waals surface area (Å²) in [4.78, 5) is 18.2. The number of hydrogen-bond acceptors (Lipinski definition) is 5.